The number of fused-ring (bicyclic) bond motifs is 9. The van der Waals surface area contributed by atoms with E-state index < -0.39 is 0 Å². The second kappa shape index (κ2) is 15.2. The molecule has 0 unspecified atom stereocenters. The normalized spacial score (nSPS) is 11.7. The molecule has 3 heteroatoms. The Morgan fingerprint density at radius 1 is 0.308 bits per heavy atom. The quantitative estimate of drug-likeness (QED) is 0.145. The highest BCUT2D eigenvalue weighted by Crippen LogP contribution is 2.46. The highest BCUT2D eigenvalue weighted by molar-refractivity contribution is 7.25. The fourth-order valence-electron chi connectivity index (χ4n) is 10.1. The molecule has 0 N–H and O–H groups in total. The van der Waals surface area contributed by atoms with Crippen LogP contribution in [0.1, 0.15) is 0 Å². The average Bonchev–Trinajstić information content (AvgIpc) is 3.92. The van der Waals surface area contributed by atoms with Crippen LogP contribution in [-0.2, 0) is 0 Å². The second-order valence-electron chi connectivity index (χ2n) is 16.9. The molecule has 0 aliphatic heterocycles. The zero-order valence-corrected chi connectivity index (χ0v) is 36.2. The minimum atomic E-state index is 1.07. The Balaban J connectivity index is 1.04. The smallest absolute Gasteiger partial charge is 0.0546 e. The van der Waals surface area contributed by atoms with E-state index in [1.54, 1.807) is 0 Å². The van der Waals surface area contributed by atoms with Gasteiger partial charge in [0.1, 0.15) is 0 Å². The van der Waals surface area contributed by atoms with Crippen LogP contribution in [0.3, 0.4) is 0 Å². The minimum absolute atomic E-state index is 1.07. The summed E-state index contributed by atoms with van der Waals surface area (Å²) < 4.78 is 5.05. The van der Waals surface area contributed by atoms with Crippen LogP contribution in [0, 0.1) is 0 Å². The van der Waals surface area contributed by atoms with Crippen LogP contribution in [0.15, 0.2) is 243 Å². The standard InChI is InChI=1S/C62H40N2S/c1-2-15-42(16-3-1)50-35-31-45(56-38-44-17-4-5-20-49(44)51-21-6-7-22-52(51)56)39-60(50)63(46-33-29-41(30-34-46)43-32-36-62-57(37-43)55-25-10-13-28-61(55)65-62)47-18-14-19-48(40-47)64-58-26-11-8-23-53(58)54-24-9-12-27-59(54)64/h1-40H. The van der Waals surface area contributed by atoms with Gasteiger partial charge in [-0.3, -0.25) is 0 Å². The van der Waals surface area contributed by atoms with Gasteiger partial charge in [-0.25, -0.2) is 0 Å². The molecule has 0 amide bonds. The van der Waals surface area contributed by atoms with Crippen molar-refractivity contribution in [1.29, 1.82) is 0 Å². The number of hydrogen-bond acceptors (Lipinski definition) is 2. The van der Waals surface area contributed by atoms with E-state index in [0.29, 0.717) is 0 Å². The van der Waals surface area contributed by atoms with Gasteiger partial charge in [0.25, 0.3) is 0 Å². The van der Waals surface area contributed by atoms with E-state index in [1.807, 2.05) is 11.3 Å². The topological polar surface area (TPSA) is 8.17 Å². The number of aromatic nitrogens is 1. The van der Waals surface area contributed by atoms with Gasteiger partial charge in [-0.1, -0.05) is 170 Å². The zero-order chi connectivity index (χ0) is 42.8. The van der Waals surface area contributed by atoms with Crippen molar-refractivity contribution in [2.24, 2.45) is 0 Å². The summed E-state index contributed by atoms with van der Waals surface area (Å²) in [5.74, 6) is 0. The van der Waals surface area contributed by atoms with E-state index in [1.165, 1.54) is 80.2 Å². The Bertz CT molecular complexity index is 3900. The van der Waals surface area contributed by atoms with E-state index in [-0.39, 0.29) is 0 Å². The van der Waals surface area contributed by atoms with Crippen LogP contribution in [-0.4, -0.2) is 4.57 Å². The molecule has 65 heavy (non-hydrogen) atoms. The van der Waals surface area contributed by atoms with Crippen LogP contribution in [0.5, 0.6) is 0 Å². The van der Waals surface area contributed by atoms with Gasteiger partial charge < -0.3 is 9.47 Å². The Labute approximate surface area is 381 Å². The maximum Gasteiger partial charge on any atom is 0.0546 e. The largest absolute Gasteiger partial charge is 0.310 e. The highest BCUT2D eigenvalue weighted by Gasteiger charge is 2.22. The van der Waals surface area contributed by atoms with Crippen molar-refractivity contribution >= 4 is 91.9 Å². The monoisotopic (exact) mass is 844 g/mol. The van der Waals surface area contributed by atoms with Crippen molar-refractivity contribution in [2.45, 2.75) is 0 Å². The summed E-state index contributed by atoms with van der Waals surface area (Å²) in [5, 5.41) is 10.1. The fourth-order valence-corrected chi connectivity index (χ4v) is 11.2. The molecule has 304 valence electrons. The van der Waals surface area contributed by atoms with Gasteiger partial charge in [-0.2, -0.15) is 0 Å². The molecule has 0 radical (unpaired) electrons. The summed E-state index contributed by atoms with van der Waals surface area (Å²) in [4.78, 5) is 2.46. The molecule has 2 heterocycles. The number of rotatable bonds is 7. The summed E-state index contributed by atoms with van der Waals surface area (Å²) in [6, 6.07) is 89.2. The zero-order valence-electron chi connectivity index (χ0n) is 35.4. The summed E-state index contributed by atoms with van der Waals surface area (Å²) in [7, 11) is 0. The Morgan fingerprint density at radius 3 is 1.71 bits per heavy atom. The first kappa shape index (κ1) is 37.3. The molecule has 0 bridgehead atoms. The molecule has 2 nitrogen and oxygen atoms in total. The Kier molecular flexibility index (Phi) is 8.75. The first-order valence-corrected chi connectivity index (χ1v) is 23.1. The lowest BCUT2D eigenvalue weighted by Crippen LogP contribution is -2.12. The molecular weight excluding hydrogens is 805 g/mol. The van der Waals surface area contributed by atoms with E-state index in [9.17, 15) is 0 Å². The number of thiophene rings is 1. The van der Waals surface area contributed by atoms with Crippen LogP contribution in [0.2, 0.25) is 0 Å². The summed E-state index contributed by atoms with van der Waals surface area (Å²) >= 11 is 1.86. The lowest BCUT2D eigenvalue weighted by atomic mass is 9.91. The third-order valence-corrected chi connectivity index (χ3v) is 14.3. The molecule has 2 aromatic heterocycles. The SMILES string of the molecule is c1ccc(-c2ccc(-c3cc4ccccc4c4ccccc34)cc2N(c2ccc(-c3ccc4sc5ccccc5c4c3)cc2)c2cccc(-n3c4ccccc4c4ccccc43)c2)cc1. The van der Waals surface area contributed by atoms with Gasteiger partial charge in [0.2, 0.25) is 0 Å². The van der Waals surface area contributed by atoms with E-state index in [0.717, 1.165) is 39.4 Å². The van der Waals surface area contributed by atoms with E-state index in [2.05, 4.69) is 252 Å². The molecule has 0 saturated heterocycles. The van der Waals surface area contributed by atoms with Crippen molar-refractivity contribution in [3.05, 3.63) is 243 Å². The second-order valence-corrected chi connectivity index (χ2v) is 18.0. The number of anilines is 3. The maximum absolute atomic E-state index is 2.46. The van der Waals surface area contributed by atoms with Gasteiger partial charge in [0, 0.05) is 53.6 Å². The number of benzene rings is 11. The van der Waals surface area contributed by atoms with E-state index in [4.69, 9.17) is 0 Å². The lowest BCUT2D eigenvalue weighted by Gasteiger charge is -2.29. The van der Waals surface area contributed by atoms with Gasteiger partial charge in [-0.15, -0.1) is 11.3 Å². The Hall–Kier alpha value is -8.24. The van der Waals surface area contributed by atoms with Gasteiger partial charge in [0.05, 0.1) is 16.7 Å². The summed E-state index contributed by atoms with van der Waals surface area (Å²) in [6.07, 6.45) is 0. The van der Waals surface area contributed by atoms with Gasteiger partial charge in [-0.05, 0) is 122 Å². The third kappa shape index (κ3) is 6.24. The molecule has 0 aliphatic carbocycles. The summed E-state index contributed by atoms with van der Waals surface area (Å²) in [5.41, 5.74) is 13.8. The lowest BCUT2D eigenvalue weighted by molar-refractivity contribution is 1.17. The number of nitrogens with zero attached hydrogens (tertiary/aromatic N) is 2. The van der Waals surface area contributed by atoms with Crippen LogP contribution < -0.4 is 4.90 Å². The number of hydrogen-bond donors (Lipinski definition) is 0. The molecule has 13 rings (SSSR count). The van der Waals surface area contributed by atoms with Crippen LogP contribution >= 0.6 is 11.3 Å². The van der Waals surface area contributed by atoms with Gasteiger partial charge >= 0.3 is 0 Å². The maximum atomic E-state index is 2.46. The van der Waals surface area contributed by atoms with Gasteiger partial charge in [0.15, 0.2) is 0 Å². The van der Waals surface area contributed by atoms with Crippen LogP contribution in [0.25, 0.3) is 103 Å². The van der Waals surface area contributed by atoms with Crippen molar-refractivity contribution < 1.29 is 0 Å². The van der Waals surface area contributed by atoms with Crippen molar-refractivity contribution in [3.63, 3.8) is 0 Å². The molecule has 13 aromatic rings. The molecule has 0 fully saturated rings. The van der Waals surface area contributed by atoms with E-state index >= 15 is 0 Å². The van der Waals surface area contributed by atoms with Crippen LogP contribution in [0.4, 0.5) is 17.1 Å². The van der Waals surface area contributed by atoms with Crippen molar-refractivity contribution in [3.8, 4) is 39.1 Å². The first-order chi connectivity index (χ1) is 32.2. The average molecular weight is 845 g/mol. The predicted molar refractivity (Wildman–Crippen MR) is 280 cm³/mol. The Morgan fingerprint density at radius 2 is 0.923 bits per heavy atom. The highest BCUT2D eigenvalue weighted by atomic mass is 32.1. The minimum Gasteiger partial charge on any atom is -0.310 e. The molecule has 0 aliphatic rings. The fraction of sp³-hybridized carbons (Fsp3) is 0. The number of para-hydroxylation sites is 2. The summed E-state index contributed by atoms with van der Waals surface area (Å²) in [6.45, 7) is 0. The van der Waals surface area contributed by atoms with Crippen molar-refractivity contribution in [2.75, 3.05) is 4.90 Å². The molecule has 0 spiro atoms. The molecule has 11 aromatic carbocycles. The predicted octanol–water partition coefficient (Wildman–Crippen LogP) is 17.9. The third-order valence-electron chi connectivity index (χ3n) is 13.2. The molecule has 0 saturated carbocycles. The molecule has 0 atom stereocenters. The first-order valence-electron chi connectivity index (χ1n) is 22.2. The van der Waals surface area contributed by atoms with Crippen molar-refractivity contribution in [1.82, 2.24) is 4.57 Å². The molecular formula is C62H40N2S.